The maximum absolute atomic E-state index is 13.0. The third-order valence-electron chi connectivity index (χ3n) is 5.17. The van der Waals surface area contributed by atoms with Gasteiger partial charge in [0, 0.05) is 25.2 Å². The summed E-state index contributed by atoms with van der Waals surface area (Å²) in [5.41, 5.74) is 0. The Kier molecular flexibility index (Phi) is 4.53. The lowest BCUT2D eigenvalue weighted by Gasteiger charge is -2.23. The Bertz CT molecular complexity index is 960. The molecule has 3 aliphatic rings. The van der Waals surface area contributed by atoms with Gasteiger partial charge in [0.2, 0.25) is 20.0 Å². The van der Waals surface area contributed by atoms with E-state index in [1.54, 1.807) is 4.90 Å². The van der Waals surface area contributed by atoms with Crippen LogP contribution in [0.2, 0.25) is 0 Å². The molecule has 0 unspecified atom stereocenters. The van der Waals surface area contributed by atoms with Crippen LogP contribution in [0.4, 0.5) is 4.39 Å². The Morgan fingerprint density at radius 2 is 1.81 bits per heavy atom. The number of sulfonamides is 2. The number of hydrogen-bond donors (Lipinski definition) is 1. The van der Waals surface area contributed by atoms with Crippen molar-refractivity contribution < 1.29 is 26.0 Å². The third-order valence-corrected chi connectivity index (χ3v) is 8.48. The predicted molar refractivity (Wildman–Crippen MR) is 94.1 cm³/mol. The molecule has 0 bridgehead atoms. The van der Waals surface area contributed by atoms with Crippen molar-refractivity contribution in [2.75, 3.05) is 18.8 Å². The highest BCUT2D eigenvalue weighted by molar-refractivity contribution is 7.89. The molecule has 11 heteroatoms. The molecule has 4 rings (SSSR count). The molecule has 1 amide bonds. The SMILES string of the molecule is O=C1[C@@H]2C[C@H](NS(=O)(=O)c3ccc(F)cc3)CN2CCS(=O)(=O)N1C1CC1. The van der Waals surface area contributed by atoms with Gasteiger partial charge >= 0.3 is 0 Å². The van der Waals surface area contributed by atoms with Gasteiger partial charge in [0.1, 0.15) is 5.82 Å². The lowest BCUT2D eigenvalue weighted by atomic mass is 10.1. The van der Waals surface area contributed by atoms with Crippen molar-refractivity contribution in [2.24, 2.45) is 0 Å². The molecule has 0 radical (unpaired) electrons. The fraction of sp³-hybridized carbons (Fsp3) is 0.562. The average molecular weight is 417 g/mol. The molecule has 8 nitrogen and oxygen atoms in total. The summed E-state index contributed by atoms with van der Waals surface area (Å²) >= 11 is 0. The van der Waals surface area contributed by atoms with Crippen LogP contribution in [0.1, 0.15) is 19.3 Å². The number of carbonyl (C=O) groups is 1. The van der Waals surface area contributed by atoms with Crippen LogP contribution in [-0.2, 0) is 24.8 Å². The summed E-state index contributed by atoms with van der Waals surface area (Å²) in [5.74, 6) is -1.14. The van der Waals surface area contributed by atoms with Crippen LogP contribution in [0.25, 0.3) is 0 Å². The summed E-state index contributed by atoms with van der Waals surface area (Å²) in [6, 6.07) is 3.07. The van der Waals surface area contributed by atoms with E-state index in [0.29, 0.717) is 12.8 Å². The number of fused-ring (bicyclic) bond motifs is 1. The summed E-state index contributed by atoms with van der Waals surface area (Å²) in [4.78, 5) is 14.5. The van der Waals surface area contributed by atoms with Crippen molar-refractivity contribution in [3.05, 3.63) is 30.1 Å². The molecule has 1 N–H and O–H groups in total. The second-order valence-corrected chi connectivity index (χ2v) is 10.9. The normalized spacial score (nSPS) is 28.8. The maximum Gasteiger partial charge on any atom is 0.253 e. The molecule has 1 saturated carbocycles. The summed E-state index contributed by atoms with van der Waals surface area (Å²) in [7, 11) is -7.48. The molecule has 148 valence electrons. The standard InChI is InChI=1S/C16H20FN3O5S2/c17-11-1-5-14(6-2-11)27(24,25)18-12-9-15-16(21)20(13-3-4-13)26(22,23)8-7-19(15)10-12/h1-2,5-6,12-13,15,18H,3-4,7-10H2/t12-,15-/m0/s1. The molecular formula is C16H20FN3O5S2. The minimum absolute atomic E-state index is 0.0560. The number of halogens is 1. The minimum Gasteiger partial charge on any atom is -0.289 e. The Hall–Kier alpha value is -1.56. The zero-order chi connectivity index (χ0) is 19.4. The van der Waals surface area contributed by atoms with Crippen LogP contribution >= 0.6 is 0 Å². The molecular weight excluding hydrogens is 397 g/mol. The molecule has 2 heterocycles. The highest BCUT2D eigenvalue weighted by Gasteiger charge is 2.50. The second-order valence-electron chi connectivity index (χ2n) is 7.20. The van der Waals surface area contributed by atoms with Crippen LogP contribution in [0.15, 0.2) is 29.2 Å². The van der Waals surface area contributed by atoms with Crippen LogP contribution in [0, 0.1) is 5.82 Å². The average Bonchev–Trinajstić information content (AvgIpc) is 3.33. The first-order valence-corrected chi connectivity index (χ1v) is 11.8. The van der Waals surface area contributed by atoms with Gasteiger partial charge < -0.3 is 0 Å². The number of amides is 1. The van der Waals surface area contributed by atoms with E-state index in [2.05, 4.69) is 4.72 Å². The molecule has 2 saturated heterocycles. The quantitative estimate of drug-likeness (QED) is 0.733. The van der Waals surface area contributed by atoms with Crippen molar-refractivity contribution in [3.63, 3.8) is 0 Å². The zero-order valence-corrected chi connectivity index (χ0v) is 16.0. The molecule has 27 heavy (non-hydrogen) atoms. The Morgan fingerprint density at radius 3 is 2.44 bits per heavy atom. The van der Waals surface area contributed by atoms with Crippen LogP contribution < -0.4 is 4.72 Å². The third kappa shape index (κ3) is 3.60. The van der Waals surface area contributed by atoms with Gasteiger partial charge in [-0.25, -0.2) is 30.3 Å². The van der Waals surface area contributed by atoms with E-state index in [1.807, 2.05) is 0 Å². The van der Waals surface area contributed by atoms with Crippen LogP contribution in [0.5, 0.6) is 0 Å². The smallest absolute Gasteiger partial charge is 0.253 e. The van der Waals surface area contributed by atoms with Gasteiger partial charge in [-0.15, -0.1) is 0 Å². The number of carbonyl (C=O) groups excluding carboxylic acids is 1. The van der Waals surface area contributed by atoms with Crippen LogP contribution in [0.3, 0.4) is 0 Å². The summed E-state index contributed by atoms with van der Waals surface area (Å²) in [5, 5.41) is 0. The van der Waals surface area contributed by atoms with Gasteiger partial charge in [0.05, 0.1) is 16.7 Å². The largest absolute Gasteiger partial charge is 0.289 e. The van der Waals surface area contributed by atoms with Crippen molar-refractivity contribution >= 4 is 26.0 Å². The Balaban J connectivity index is 1.51. The summed E-state index contributed by atoms with van der Waals surface area (Å²) in [6.45, 7) is 0.446. The Morgan fingerprint density at radius 1 is 1.15 bits per heavy atom. The van der Waals surface area contributed by atoms with Crippen LogP contribution in [-0.4, -0.2) is 68.9 Å². The zero-order valence-electron chi connectivity index (χ0n) is 14.4. The first-order valence-electron chi connectivity index (χ1n) is 8.75. The van der Waals surface area contributed by atoms with Crippen molar-refractivity contribution in [3.8, 4) is 0 Å². The van der Waals surface area contributed by atoms with Crippen molar-refractivity contribution in [1.82, 2.24) is 13.9 Å². The second kappa shape index (κ2) is 6.50. The fourth-order valence-corrected chi connectivity index (χ4v) is 6.69. The number of nitrogens with zero attached hydrogens (tertiary/aromatic N) is 2. The lowest BCUT2D eigenvalue weighted by Crippen LogP contribution is -2.45. The lowest BCUT2D eigenvalue weighted by molar-refractivity contribution is -0.130. The van der Waals surface area contributed by atoms with Gasteiger partial charge in [-0.05, 0) is 43.5 Å². The molecule has 0 aromatic heterocycles. The van der Waals surface area contributed by atoms with E-state index >= 15 is 0 Å². The number of hydrogen-bond acceptors (Lipinski definition) is 6. The topological polar surface area (TPSA) is 104 Å². The van der Waals surface area contributed by atoms with E-state index in [9.17, 15) is 26.0 Å². The molecule has 1 aromatic carbocycles. The van der Waals surface area contributed by atoms with Gasteiger partial charge in [-0.3, -0.25) is 9.69 Å². The van der Waals surface area contributed by atoms with E-state index < -0.39 is 43.9 Å². The highest BCUT2D eigenvalue weighted by atomic mass is 32.2. The van der Waals surface area contributed by atoms with Crippen molar-refractivity contribution in [2.45, 2.75) is 42.3 Å². The molecule has 1 aliphatic carbocycles. The fourth-order valence-electron chi connectivity index (χ4n) is 3.73. The maximum atomic E-state index is 13.0. The number of nitrogens with one attached hydrogen (secondary N) is 1. The van der Waals surface area contributed by atoms with E-state index in [4.69, 9.17) is 0 Å². The van der Waals surface area contributed by atoms with E-state index in [1.165, 1.54) is 12.1 Å². The summed E-state index contributed by atoms with van der Waals surface area (Å²) < 4.78 is 66.4. The molecule has 2 aliphatic heterocycles. The first-order chi connectivity index (χ1) is 12.7. The Labute approximate surface area is 157 Å². The number of rotatable bonds is 4. The summed E-state index contributed by atoms with van der Waals surface area (Å²) in [6.07, 6.45) is 1.56. The highest BCUT2D eigenvalue weighted by Crippen LogP contribution is 2.34. The van der Waals surface area contributed by atoms with Gasteiger partial charge in [0.25, 0.3) is 5.91 Å². The monoisotopic (exact) mass is 417 g/mol. The molecule has 2 atom stereocenters. The van der Waals surface area contributed by atoms with Gasteiger partial charge in [0.15, 0.2) is 0 Å². The molecule has 0 spiro atoms. The first kappa shape index (κ1) is 18.8. The molecule has 1 aromatic rings. The van der Waals surface area contributed by atoms with Gasteiger partial charge in [-0.1, -0.05) is 0 Å². The van der Waals surface area contributed by atoms with Gasteiger partial charge in [-0.2, -0.15) is 0 Å². The molecule has 3 fully saturated rings. The minimum atomic E-state index is -3.86. The number of benzene rings is 1. The van der Waals surface area contributed by atoms with Crippen molar-refractivity contribution in [1.29, 1.82) is 0 Å². The predicted octanol–water partition coefficient (Wildman–Crippen LogP) is -0.119. The van der Waals surface area contributed by atoms with E-state index in [0.717, 1.165) is 16.4 Å². The van der Waals surface area contributed by atoms with E-state index in [-0.39, 0.29) is 36.2 Å².